The maximum absolute atomic E-state index is 3.91. The fraction of sp³-hybridized carbons (Fsp3) is 0.562. The predicted octanol–water partition coefficient (Wildman–Crippen LogP) is 9.40. The van der Waals surface area contributed by atoms with Gasteiger partial charge in [0.2, 0.25) is 0 Å². The van der Waals surface area contributed by atoms with Crippen LogP contribution in [0.4, 0.5) is 0 Å². The molecule has 0 N–H and O–H groups in total. The molecule has 0 spiro atoms. The second kappa shape index (κ2) is 13.3. The number of allylic oxidation sites excluding steroid dienone is 6. The van der Waals surface area contributed by atoms with E-state index in [9.17, 15) is 0 Å². The van der Waals surface area contributed by atoms with Crippen LogP contribution in [0.15, 0.2) is 66.8 Å². The second-order valence-corrected chi connectivity index (χ2v) is 11.0. The molecule has 0 saturated carbocycles. The molecular weight excluding hydrogens is 409 g/mol. The number of benzene rings is 1. The highest BCUT2D eigenvalue weighted by Gasteiger charge is 2.40. The largest absolute Gasteiger partial charge is 0.333 e. The van der Waals surface area contributed by atoms with Crippen LogP contribution in [0.1, 0.15) is 109 Å². The molecule has 2 aliphatic rings. The van der Waals surface area contributed by atoms with Gasteiger partial charge in [-0.05, 0) is 61.1 Å². The van der Waals surface area contributed by atoms with Crippen molar-refractivity contribution >= 4 is 12.3 Å². The van der Waals surface area contributed by atoms with Crippen molar-refractivity contribution in [3.63, 3.8) is 0 Å². The Balaban J connectivity index is 1.98. The third-order valence-electron chi connectivity index (χ3n) is 7.69. The lowest BCUT2D eigenvalue weighted by Crippen LogP contribution is -2.51. The van der Waals surface area contributed by atoms with Crippen LogP contribution in [-0.4, -0.2) is 23.7 Å². The summed E-state index contributed by atoms with van der Waals surface area (Å²) in [6.07, 6.45) is 23.5. The minimum absolute atomic E-state index is 0.382. The first-order valence-corrected chi connectivity index (χ1v) is 14.0. The average Bonchev–Trinajstić information content (AvgIpc) is 3.18. The second-order valence-electron chi connectivity index (χ2n) is 11.0. The van der Waals surface area contributed by atoms with Crippen LogP contribution in [0, 0.1) is 0 Å². The van der Waals surface area contributed by atoms with Crippen molar-refractivity contribution in [1.82, 2.24) is 4.81 Å². The standard InChI is InChI=1S/C32H48BN/c1-7-9-11-13-19-28-24-32(31-22-15-14-21-30(28)31)33(34(25(3)4)26(5)6)29-20-16-18-27(23-29)17-12-10-8-2/h8,14-16,20-26,28-29H,2,7,9-13,17-19H2,1,3-6H3. The fourth-order valence-electron chi connectivity index (χ4n) is 6.20. The van der Waals surface area contributed by atoms with Gasteiger partial charge in [-0.3, -0.25) is 0 Å². The van der Waals surface area contributed by atoms with Gasteiger partial charge in [0.25, 0.3) is 6.85 Å². The summed E-state index contributed by atoms with van der Waals surface area (Å²) >= 11 is 0. The normalized spacial score (nSPS) is 19.5. The Morgan fingerprint density at radius 1 is 1.03 bits per heavy atom. The molecule has 2 unspecified atom stereocenters. The molecule has 2 heteroatoms. The lowest BCUT2D eigenvalue weighted by atomic mass is 9.42. The van der Waals surface area contributed by atoms with Crippen LogP contribution in [0.2, 0.25) is 5.82 Å². The van der Waals surface area contributed by atoms with E-state index in [4.69, 9.17) is 0 Å². The molecule has 0 heterocycles. The number of fused-ring (bicyclic) bond motifs is 1. The smallest absolute Gasteiger partial charge is 0.269 e. The van der Waals surface area contributed by atoms with Crippen LogP contribution in [0.5, 0.6) is 0 Å². The zero-order valence-electron chi connectivity index (χ0n) is 22.6. The average molecular weight is 458 g/mol. The Morgan fingerprint density at radius 3 is 2.50 bits per heavy atom. The van der Waals surface area contributed by atoms with Crippen LogP contribution in [-0.2, 0) is 0 Å². The van der Waals surface area contributed by atoms with Crippen LogP contribution in [0.25, 0.3) is 5.47 Å². The van der Waals surface area contributed by atoms with Crippen LogP contribution in [0.3, 0.4) is 0 Å². The van der Waals surface area contributed by atoms with Crippen molar-refractivity contribution in [3.8, 4) is 0 Å². The van der Waals surface area contributed by atoms with Crippen LogP contribution < -0.4 is 0 Å². The number of hydrogen-bond donors (Lipinski definition) is 0. The molecular formula is C32H48BN. The van der Waals surface area contributed by atoms with E-state index in [0.717, 1.165) is 12.8 Å². The minimum Gasteiger partial charge on any atom is -0.333 e. The summed E-state index contributed by atoms with van der Waals surface area (Å²) in [5.41, 5.74) is 6.23. The maximum Gasteiger partial charge on any atom is 0.269 e. The quantitative estimate of drug-likeness (QED) is 0.153. The van der Waals surface area contributed by atoms with Gasteiger partial charge in [-0.15, -0.1) is 6.58 Å². The molecule has 0 saturated heterocycles. The maximum atomic E-state index is 3.91. The molecule has 1 aromatic carbocycles. The highest BCUT2D eigenvalue weighted by molar-refractivity contribution is 6.79. The van der Waals surface area contributed by atoms with Crippen molar-refractivity contribution in [2.24, 2.45) is 0 Å². The van der Waals surface area contributed by atoms with E-state index in [-0.39, 0.29) is 0 Å². The number of nitrogens with zero attached hydrogens (tertiary/aromatic N) is 1. The van der Waals surface area contributed by atoms with Crippen molar-refractivity contribution in [1.29, 1.82) is 0 Å². The summed E-state index contributed by atoms with van der Waals surface area (Å²) in [5.74, 6) is 0.991. The molecule has 34 heavy (non-hydrogen) atoms. The Bertz CT molecular complexity index is 867. The summed E-state index contributed by atoms with van der Waals surface area (Å²) in [5, 5.41) is 0. The Hall–Kier alpha value is -1.80. The van der Waals surface area contributed by atoms with E-state index in [2.05, 4.69) is 101 Å². The minimum atomic E-state index is 0.382. The summed E-state index contributed by atoms with van der Waals surface area (Å²) in [4.78, 5) is 2.76. The topological polar surface area (TPSA) is 3.24 Å². The van der Waals surface area contributed by atoms with Crippen LogP contribution >= 0.6 is 0 Å². The monoisotopic (exact) mass is 457 g/mol. The van der Waals surface area contributed by atoms with Crippen molar-refractivity contribution in [2.45, 2.75) is 116 Å². The van der Waals surface area contributed by atoms with E-state index < -0.39 is 0 Å². The molecule has 0 fully saturated rings. The van der Waals surface area contributed by atoms with Gasteiger partial charge < -0.3 is 4.81 Å². The zero-order chi connectivity index (χ0) is 24.5. The Labute approximate surface area is 211 Å². The lowest BCUT2D eigenvalue weighted by molar-refractivity contribution is 0.305. The molecule has 0 radical (unpaired) electrons. The van der Waals surface area contributed by atoms with Gasteiger partial charge in [-0.2, -0.15) is 0 Å². The molecule has 1 aromatic rings. The molecule has 3 rings (SSSR count). The third-order valence-corrected chi connectivity index (χ3v) is 7.69. The highest BCUT2D eigenvalue weighted by atomic mass is 15.1. The third kappa shape index (κ3) is 6.66. The Kier molecular flexibility index (Phi) is 10.5. The first kappa shape index (κ1) is 26.8. The van der Waals surface area contributed by atoms with E-state index in [1.165, 1.54) is 50.5 Å². The summed E-state index contributed by atoms with van der Waals surface area (Å²) in [6.45, 7) is 16.1. The summed E-state index contributed by atoms with van der Waals surface area (Å²) in [7, 11) is 0. The fourth-order valence-corrected chi connectivity index (χ4v) is 6.20. The first-order chi connectivity index (χ1) is 16.5. The summed E-state index contributed by atoms with van der Waals surface area (Å²) < 4.78 is 0. The number of rotatable bonds is 14. The zero-order valence-corrected chi connectivity index (χ0v) is 22.6. The number of hydrogen-bond acceptors (Lipinski definition) is 1. The SMILES string of the molecule is C=CCCCC1=CC(B(C2=CC(CCCCCC)c3ccccc32)N(C(C)C)C(C)C)C=CC1. The van der Waals surface area contributed by atoms with Gasteiger partial charge in [0.15, 0.2) is 0 Å². The van der Waals surface area contributed by atoms with Gasteiger partial charge in [-0.25, -0.2) is 0 Å². The van der Waals surface area contributed by atoms with Gasteiger partial charge in [0.1, 0.15) is 0 Å². The predicted molar refractivity (Wildman–Crippen MR) is 153 cm³/mol. The van der Waals surface area contributed by atoms with E-state index >= 15 is 0 Å². The molecule has 0 amide bonds. The Morgan fingerprint density at radius 2 is 1.79 bits per heavy atom. The van der Waals surface area contributed by atoms with Crippen molar-refractivity contribution < 1.29 is 0 Å². The van der Waals surface area contributed by atoms with Gasteiger partial charge >= 0.3 is 0 Å². The molecule has 0 bridgehead atoms. The molecule has 2 aliphatic carbocycles. The molecule has 1 nitrogen and oxygen atoms in total. The van der Waals surface area contributed by atoms with E-state index in [0.29, 0.717) is 30.7 Å². The molecule has 0 aliphatic heterocycles. The first-order valence-electron chi connectivity index (χ1n) is 14.0. The van der Waals surface area contributed by atoms with Gasteiger partial charge in [0.05, 0.1) is 0 Å². The van der Waals surface area contributed by atoms with Gasteiger partial charge in [0, 0.05) is 5.92 Å². The molecule has 0 aromatic heterocycles. The number of unbranched alkanes of at least 4 members (excludes halogenated alkanes) is 4. The molecule has 2 atom stereocenters. The lowest BCUT2D eigenvalue weighted by Gasteiger charge is -2.40. The summed E-state index contributed by atoms with van der Waals surface area (Å²) in [6, 6.07) is 10.3. The van der Waals surface area contributed by atoms with E-state index in [1.54, 1.807) is 16.6 Å². The van der Waals surface area contributed by atoms with Gasteiger partial charge in [-0.1, -0.05) is 126 Å². The van der Waals surface area contributed by atoms with E-state index in [1.807, 2.05) is 0 Å². The van der Waals surface area contributed by atoms with Crippen molar-refractivity contribution in [2.75, 3.05) is 0 Å². The highest BCUT2D eigenvalue weighted by Crippen LogP contribution is 2.44. The van der Waals surface area contributed by atoms with Crippen molar-refractivity contribution in [3.05, 3.63) is 77.9 Å². The molecule has 184 valence electrons.